The standard InChI is InChI=1S/C19H15F3N4O/c1-11-4-2-3-5-12(11)10-23-15-8-9-16(26-25-15)24-19(27)13-6-7-14(20)18(22)17(13)21/h2-9H,10H2,1H3,(H,23,25)(H,24,26,27). The number of rotatable bonds is 5. The summed E-state index contributed by atoms with van der Waals surface area (Å²) in [5, 5.41) is 13.1. The Morgan fingerprint density at radius 3 is 2.33 bits per heavy atom. The second-order valence-electron chi connectivity index (χ2n) is 5.76. The van der Waals surface area contributed by atoms with Crippen LogP contribution in [0.2, 0.25) is 0 Å². The minimum Gasteiger partial charge on any atom is -0.364 e. The minimum atomic E-state index is -1.70. The molecule has 3 rings (SSSR count). The van der Waals surface area contributed by atoms with E-state index in [1.807, 2.05) is 31.2 Å². The highest BCUT2D eigenvalue weighted by Crippen LogP contribution is 2.17. The quantitative estimate of drug-likeness (QED) is 0.663. The Morgan fingerprint density at radius 1 is 0.926 bits per heavy atom. The number of halogens is 3. The van der Waals surface area contributed by atoms with Gasteiger partial charge in [0.05, 0.1) is 5.56 Å². The molecule has 0 fully saturated rings. The molecule has 1 aromatic heterocycles. The SMILES string of the molecule is Cc1ccccc1CNc1ccc(NC(=O)c2ccc(F)c(F)c2F)nn1. The average Bonchev–Trinajstić information content (AvgIpc) is 2.66. The Morgan fingerprint density at radius 2 is 1.63 bits per heavy atom. The Bertz CT molecular complexity index is 977. The maximum absolute atomic E-state index is 13.7. The van der Waals surface area contributed by atoms with E-state index in [4.69, 9.17) is 0 Å². The average molecular weight is 372 g/mol. The number of carbonyl (C=O) groups excluding carboxylic acids is 1. The molecule has 0 unspecified atom stereocenters. The van der Waals surface area contributed by atoms with E-state index in [0.29, 0.717) is 18.4 Å². The second kappa shape index (κ2) is 7.86. The van der Waals surface area contributed by atoms with Crippen molar-refractivity contribution in [3.63, 3.8) is 0 Å². The van der Waals surface area contributed by atoms with Crippen molar-refractivity contribution in [1.29, 1.82) is 0 Å². The fraction of sp³-hybridized carbons (Fsp3) is 0.105. The number of hydrogen-bond donors (Lipinski definition) is 2. The lowest BCUT2D eigenvalue weighted by Crippen LogP contribution is -2.16. The molecule has 0 bridgehead atoms. The summed E-state index contributed by atoms with van der Waals surface area (Å²) < 4.78 is 39.8. The Labute approximate surface area is 153 Å². The van der Waals surface area contributed by atoms with Crippen LogP contribution in [0.25, 0.3) is 0 Å². The minimum absolute atomic E-state index is 0.0468. The van der Waals surface area contributed by atoms with Gasteiger partial charge in [-0.2, -0.15) is 0 Å². The van der Waals surface area contributed by atoms with E-state index in [9.17, 15) is 18.0 Å². The third kappa shape index (κ3) is 4.22. The lowest BCUT2D eigenvalue weighted by molar-refractivity contribution is 0.102. The summed E-state index contributed by atoms with van der Waals surface area (Å²) in [5.41, 5.74) is 1.61. The number of nitrogens with one attached hydrogen (secondary N) is 2. The van der Waals surface area contributed by atoms with Gasteiger partial charge in [0.2, 0.25) is 0 Å². The van der Waals surface area contributed by atoms with E-state index in [1.54, 1.807) is 6.07 Å². The van der Waals surface area contributed by atoms with E-state index >= 15 is 0 Å². The van der Waals surface area contributed by atoms with Crippen LogP contribution in [-0.4, -0.2) is 16.1 Å². The summed E-state index contributed by atoms with van der Waals surface area (Å²) in [6.07, 6.45) is 0. The van der Waals surface area contributed by atoms with Crippen LogP contribution in [0.4, 0.5) is 24.8 Å². The molecule has 27 heavy (non-hydrogen) atoms. The van der Waals surface area contributed by atoms with Crippen LogP contribution < -0.4 is 10.6 Å². The molecule has 0 aliphatic carbocycles. The maximum Gasteiger partial charge on any atom is 0.259 e. The van der Waals surface area contributed by atoms with Gasteiger partial charge in [-0.05, 0) is 42.3 Å². The molecule has 0 aliphatic rings. The first-order valence-corrected chi connectivity index (χ1v) is 8.02. The molecule has 2 N–H and O–H groups in total. The Kier molecular flexibility index (Phi) is 5.35. The number of benzene rings is 2. The van der Waals surface area contributed by atoms with Crippen LogP contribution in [0.3, 0.4) is 0 Å². The van der Waals surface area contributed by atoms with E-state index < -0.39 is 28.9 Å². The van der Waals surface area contributed by atoms with E-state index in [-0.39, 0.29) is 5.82 Å². The predicted molar refractivity (Wildman–Crippen MR) is 94.8 cm³/mol. The van der Waals surface area contributed by atoms with Crippen LogP contribution in [0.5, 0.6) is 0 Å². The largest absolute Gasteiger partial charge is 0.364 e. The first kappa shape index (κ1) is 18.4. The summed E-state index contributed by atoms with van der Waals surface area (Å²) in [5.74, 6) is -5.06. The Balaban J connectivity index is 1.65. The summed E-state index contributed by atoms with van der Waals surface area (Å²) in [6, 6.07) is 12.5. The van der Waals surface area contributed by atoms with Gasteiger partial charge >= 0.3 is 0 Å². The van der Waals surface area contributed by atoms with Gasteiger partial charge in [-0.3, -0.25) is 4.79 Å². The number of amides is 1. The number of aromatic nitrogens is 2. The van der Waals surface area contributed by atoms with Crippen molar-refractivity contribution in [3.05, 3.63) is 82.7 Å². The fourth-order valence-electron chi connectivity index (χ4n) is 2.37. The molecule has 3 aromatic rings. The number of nitrogens with zero attached hydrogens (tertiary/aromatic N) is 2. The monoisotopic (exact) mass is 372 g/mol. The number of carbonyl (C=O) groups is 1. The van der Waals surface area contributed by atoms with Gasteiger partial charge < -0.3 is 10.6 Å². The normalized spacial score (nSPS) is 10.5. The van der Waals surface area contributed by atoms with Crippen molar-refractivity contribution < 1.29 is 18.0 Å². The molecule has 2 aromatic carbocycles. The van der Waals surface area contributed by atoms with Crippen LogP contribution in [0.1, 0.15) is 21.5 Å². The van der Waals surface area contributed by atoms with Crippen LogP contribution >= 0.6 is 0 Å². The maximum atomic E-state index is 13.7. The zero-order chi connectivity index (χ0) is 19.4. The molecular weight excluding hydrogens is 357 g/mol. The van der Waals surface area contributed by atoms with E-state index in [0.717, 1.165) is 17.2 Å². The Hall–Kier alpha value is -3.42. The molecule has 5 nitrogen and oxygen atoms in total. The number of anilines is 2. The van der Waals surface area contributed by atoms with Gasteiger partial charge in [-0.25, -0.2) is 13.2 Å². The second-order valence-corrected chi connectivity index (χ2v) is 5.76. The van der Waals surface area contributed by atoms with E-state index in [1.165, 1.54) is 6.07 Å². The first-order chi connectivity index (χ1) is 13.0. The summed E-state index contributed by atoms with van der Waals surface area (Å²) in [6.45, 7) is 2.55. The zero-order valence-corrected chi connectivity index (χ0v) is 14.3. The van der Waals surface area contributed by atoms with Crippen LogP contribution in [-0.2, 0) is 6.54 Å². The highest BCUT2D eigenvalue weighted by molar-refractivity contribution is 6.03. The van der Waals surface area contributed by atoms with Gasteiger partial charge in [-0.15, -0.1) is 10.2 Å². The van der Waals surface area contributed by atoms with Crippen LogP contribution in [0, 0.1) is 24.4 Å². The highest BCUT2D eigenvalue weighted by Gasteiger charge is 2.19. The molecule has 1 amide bonds. The fourth-order valence-corrected chi connectivity index (χ4v) is 2.37. The van der Waals surface area contributed by atoms with E-state index in [2.05, 4.69) is 20.8 Å². The molecule has 0 atom stereocenters. The summed E-state index contributed by atoms with van der Waals surface area (Å²) >= 11 is 0. The summed E-state index contributed by atoms with van der Waals surface area (Å²) in [4.78, 5) is 12.0. The van der Waals surface area contributed by atoms with Crippen molar-refractivity contribution in [1.82, 2.24) is 10.2 Å². The topological polar surface area (TPSA) is 66.9 Å². The summed E-state index contributed by atoms with van der Waals surface area (Å²) in [7, 11) is 0. The third-order valence-electron chi connectivity index (χ3n) is 3.91. The molecule has 8 heteroatoms. The zero-order valence-electron chi connectivity index (χ0n) is 14.3. The van der Waals surface area contributed by atoms with Crippen molar-refractivity contribution in [2.24, 2.45) is 0 Å². The van der Waals surface area contributed by atoms with Crippen molar-refractivity contribution in [2.45, 2.75) is 13.5 Å². The van der Waals surface area contributed by atoms with Gasteiger partial charge in [0, 0.05) is 6.54 Å². The molecule has 0 saturated heterocycles. The lowest BCUT2D eigenvalue weighted by atomic mass is 10.1. The molecular formula is C19H15F3N4O. The van der Waals surface area contributed by atoms with Crippen LogP contribution in [0.15, 0.2) is 48.5 Å². The van der Waals surface area contributed by atoms with Gasteiger partial charge in [-0.1, -0.05) is 24.3 Å². The highest BCUT2D eigenvalue weighted by atomic mass is 19.2. The van der Waals surface area contributed by atoms with Crippen molar-refractivity contribution in [3.8, 4) is 0 Å². The predicted octanol–water partition coefficient (Wildman–Crippen LogP) is 4.07. The molecule has 0 aliphatic heterocycles. The van der Waals surface area contributed by atoms with Gasteiger partial charge in [0.25, 0.3) is 5.91 Å². The molecule has 0 radical (unpaired) electrons. The van der Waals surface area contributed by atoms with Crippen molar-refractivity contribution in [2.75, 3.05) is 10.6 Å². The number of aryl methyl sites for hydroxylation is 1. The smallest absolute Gasteiger partial charge is 0.259 e. The molecule has 138 valence electrons. The van der Waals surface area contributed by atoms with Gasteiger partial charge in [0.1, 0.15) is 5.82 Å². The lowest BCUT2D eigenvalue weighted by Gasteiger charge is -2.09. The molecule has 0 saturated carbocycles. The molecule has 1 heterocycles. The number of hydrogen-bond acceptors (Lipinski definition) is 4. The van der Waals surface area contributed by atoms with Gasteiger partial charge in [0.15, 0.2) is 23.3 Å². The first-order valence-electron chi connectivity index (χ1n) is 8.02. The van der Waals surface area contributed by atoms with Crippen molar-refractivity contribution >= 4 is 17.5 Å². The molecule has 0 spiro atoms. The third-order valence-corrected chi connectivity index (χ3v) is 3.91.